The molecule has 112 heavy (non-hydrogen) atoms. The molecule has 2 aliphatic rings. The number of hydrogen-bond donors (Lipinski definition) is 0. The van der Waals surface area contributed by atoms with Gasteiger partial charge in [0.05, 0.1) is 22.1 Å². The van der Waals surface area contributed by atoms with Gasteiger partial charge in [-0.3, -0.25) is 0 Å². The van der Waals surface area contributed by atoms with Crippen LogP contribution in [0.4, 0.5) is 34.1 Å². The third-order valence-corrected chi connectivity index (χ3v) is 24.1. The van der Waals surface area contributed by atoms with Gasteiger partial charge in [-0.2, -0.15) is 0 Å². The van der Waals surface area contributed by atoms with E-state index < -0.39 is 0 Å². The second-order valence-electron chi connectivity index (χ2n) is 31.2. The van der Waals surface area contributed by atoms with Crippen molar-refractivity contribution in [3.63, 3.8) is 0 Å². The Balaban J connectivity index is 0.673. The summed E-state index contributed by atoms with van der Waals surface area (Å²) in [5, 5.41) is 4.83. The lowest BCUT2D eigenvalue weighted by Crippen LogP contribution is -2.16. The van der Waals surface area contributed by atoms with Crippen molar-refractivity contribution in [3.05, 3.63) is 423 Å². The second-order valence-corrected chi connectivity index (χ2v) is 31.2. The van der Waals surface area contributed by atoms with E-state index in [0.29, 0.717) is 0 Å². The Kier molecular flexibility index (Phi) is 15.6. The number of aromatic nitrogens is 2. The Morgan fingerprint density at radius 1 is 0.179 bits per heavy atom. The minimum atomic E-state index is -0.295. The quantitative estimate of drug-likeness (QED) is 0.108. The van der Waals surface area contributed by atoms with Crippen LogP contribution in [0.2, 0.25) is 0 Å². The fourth-order valence-electron chi connectivity index (χ4n) is 18.4. The zero-order valence-corrected chi connectivity index (χ0v) is 62.9. The smallest absolute Gasteiger partial charge is 0.0542 e. The van der Waals surface area contributed by atoms with Crippen molar-refractivity contribution in [2.45, 2.75) is 38.5 Å². The summed E-state index contributed by atoms with van der Waals surface area (Å²) in [5.41, 5.74) is 37.5. The molecular formula is C108H78N4. The van der Waals surface area contributed by atoms with E-state index in [1.54, 1.807) is 0 Å². The molecule has 0 bridgehead atoms. The van der Waals surface area contributed by atoms with Crippen molar-refractivity contribution in [1.82, 2.24) is 9.13 Å². The summed E-state index contributed by atoms with van der Waals surface area (Å²) in [5.74, 6) is 0. The molecule has 0 unspecified atom stereocenters. The van der Waals surface area contributed by atoms with Crippen LogP contribution in [-0.2, 0) is 10.8 Å². The van der Waals surface area contributed by atoms with E-state index in [-0.39, 0.29) is 10.8 Å². The van der Waals surface area contributed by atoms with Gasteiger partial charge in [0.25, 0.3) is 0 Å². The van der Waals surface area contributed by atoms with Crippen LogP contribution < -0.4 is 9.80 Å². The number of fused-ring (bicyclic) bond motifs is 12. The van der Waals surface area contributed by atoms with E-state index in [2.05, 4.69) is 447 Å². The second kappa shape index (κ2) is 26.4. The van der Waals surface area contributed by atoms with E-state index in [1.807, 2.05) is 0 Å². The maximum absolute atomic E-state index is 2.51. The number of rotatable bonds is 14. The fourth-order valence-corrected chi connectivity index (χ4v) is 18.4. The average Bonchev–Trinajstić information content (AvgIpc) is 1.57. The van der Waals surface area contributed by atoms with Crippen molar-refractivity contribution < 1.29 is 0 Å². The number of anilines is 6. The van der Waals surface area contributed by atoms with Gasteiger partial charge in [0.15, 0.2) is 0 Å². The summed E-state index contributed by atoms with van der Waals surface area (Å²) >= 11 is 0. The topological polar surface area (TPSA) is 16.3 Å². The summed E-state index contributed by atoms with van der Waals surface area (Å²) in [6.07, 6.45) is 0. The van der Waals surface area contributed by atoms with Crippen molar-refractivity contribution >= 4 is 77.7 Å². The first-order valence-corrected chi connectivity index (χ1v) is 39.0. The van der Waals surface area contributed by atoms with Gasteiger partial charge in [-0.05, 0) is 245 Å². The molecule has 0 saturated carbocycles. The highest BCUT2D eigenvalue weighted by Gasteiger charge is 2.38. The van der Waals surface area contributed by atoms with E-state index >= 15 is 0 Å². The molecule has 2 aliphatic carbocycles. The maximum atomic E-state index is 2.51. The molecule has 4 heteroatoms. The van der Waals surface area contributed by atoms with Gasteiger partial charge in [-0.15, -0.1) is 0 Å². The maximum Gasteiger partial charge on any atom is 0.0542 e. The molecule has 17 aromatic carbocycles. The van der Waals surface area contributed by atoms with Gasteiger partial charge in [0, 0.05) is 77.9 Å². The molecule has 0 fully saturated rings. The predicted molar refractivity (Wildman–Crippen MR) is 472 cm³/mol. The SMILES string of the molecule is CC1(C)c2ccccc2-c2ccc(N(c3cc(-c4ccc(-c5ccccc5)cc4)cc(-c4ccc(-c5ccc6c(c5)-c5ccc(N(c7cccc(-c8ccc(-c9ccccc9)cc8)c7)c7ccc8c(c7)c7ccccc7n8-c7ccccc7)cc5C6(C)C)cc4)c3)c3ccc4c(c3)c3ccccc3n4-c3ccccc3)cc21. The minimum absolute atomic E-state index is 0.211. The van der Waals surface area contributed by atoms with Crippen LogP contribution in [0.25, 0.3) is 144 Å². The van der Waals surface area contributed by atoms with Crippen LogP contribution >= 0.6 is 0 Å². The molecule has 4 nitrogen and oxygen atoms in total. The summed E-state index contributed by atoms with van der Waals surface area (Å²) in [7, 11) is 0. The van der Waals surface area contributed by atoms with Gasteiger partial charge < -0.3 is 18.9 Å². The van der Waals surface area contributed by atoms with Crippen LogP contribution in [0.1, 0.15) is 49.9 Å². The van der Waals surface area contributed by atoms with Gasteiger partial charge in [0.1, 0.15) is 0 Å². The van der Waals surface area contributed by atoms with Gasteiger partial charge >= 0.3 is 0 Å². The third-order valence-electron chi connectivity index (χ3n) is 24.1. The first-order valence-electron chi connectivity index (χ1n) is 39.0. The Morgan fingerprint density at radius 2 is 0.500 bits per heavy atom. The van der Waals surface area contributed by atoms with Crippen molar-refractivity contribution in [1.29, 1.82) is 0 Å². The van der Waals surface area contributed by atoms with Crippen LogP contribution in [0.15, 0.2) is 400 Å². The van der Waals surface area contributed by atoms with Crippen LogP contribution in [0.5, 0.6) is 0 Å². The molecule has 2 heterocycles. The van der Waals surface area contributed by atoms with E-state index in [4.69, 9.17) is 0 Å². The minimum Gasteiger partial charge on any atom is -0.310 e. The number of para-hydroxylation sites is 4. The molecule has 0 spiro atoms. The van der Waals surface area contributed by atoms with Crippen LogP contribution in [0, 0.1) is 0 Å². The number of nitrogens with zero attached hydrogens (tertiary/aromatic N) is 4. The van der Waals surface area contributed by atoms with Gasteiger partial charge in [-0.25, -0.2) is 0 Å². The summed E-state index contributed by atoms with van der Waals surface area (Å²) in [6, 6.07) is 149. The zero-order valence-electron chi connectivity index (χ0n) is 62.9. The van der Waals surface area contributed by atoms with E-state index in [9.17, 15) is 0 Å². The lowest BCUT2D eigenvalue weighted by molar-refractivity contribution is 0.660. The Labute approximate surface area is 653 Å². The molecule has 0 saturated heterocycles. The molecule has 530 valence electrons. The van der Waals surface area contributed by atoms with Crippen molar-refractivity contribution in [3.8, 4) is 100 Å². The molecule has 0 radical (unpaired) electrons. The largest absolute Gasteiger partial charge is 0.310 e. The first-order chi connectivity index (χ1) is 55.0. The summed E-state index contributed by atoms with van der Waals surface area (Å²) in [6.45, 7) is 9.57. The number of hydrogen-bond acceptors (Lipinski definition) is 2. The first kappa shape index (κ1) is 66.2. The molecule has 0 amide bonds. The van der Waals surface area contributed by atoms with E-state index in [0.717, 1.165) is 78.8 Å². The molecule has 19 aromatic rings. The normalized spacial score (nSPS) is 13.0. The molecule has 0 N–H and O–H groups in total. The number of benzene rings is 17. The van der Waals surface area contributed by atoms with Crippen molar-refractivity contribution in [2.75, 3.05) is 9.80 Å². The van der Waals surface area contributed by atoms with Crippen LogP contribution in [-0.4, -0.2) is 9.13 Å². The van der Waals surface area contributed by atoms with E-state index in [1.165, 1.54) is 122 Å². The van der Waals surface area contributed by atoms with Crippen molar-refractivity contribution in [2.24, 2.45) is 0 Å². The lowest BCUT2D eigenvalue weighted by atomic mass is 9.82. The molecular weight excluding hydrogens is 1350 g/mol. The third kappa shape index (κ3) is 11.0. The Bertz CT molecular complexity index is 6890. The zero-order chi connectivity index (χ0) is 74.8. The molecule has 0 aliphatic heterocycles. The fraction of sp³-hybridized carbons (Fsp3) is 0.0556. The molecule has 21 rings (SSSR count). The Morgan fingerprint density at radius 3 is 1.00 bits per heavy atom. The predicted octanol–water partition coefficient (Wildman–Crippen LogP) is 29.4. The van der Waals surface area contributed by atoms with Gasteiger partial charge in [-0.1, -0.05) is 295 Å². The van der Waals surface area contributed by atoms with Crippen LogP contribution in [0.3, 0.4) is 0 Å². The highest BCUT2D eigenvalue weighted by atomic mass is 15.2. The Hall–Kier alpha value is -14.1. The molecule has 2 aromatic heterocycles. The highest BCUT2D eigenvalue weighted by molar-refractivity contribution is 6.12. The van der Waals surface area contributed by atoms with Gasteiger partial charge in [0.2, 0.25) is 0 Å². The summed E-state index contributed by atoms with van der Waals surface area (Å²) < 4.78 is 4.81. The summed E-state index contributed by atoms with van der Waals surface area (Å²) in [4.78, 5) is 4.98. The monoisotopic (exact) mass is 1430 g/mol. The lowest BCUT2D eigenvalue weighted by Gasteiger charge is -2.29. The molecule has 0 atom stereocenters. The standard InChI is InChI=1S/C108H78N4/c1-107(2)99-37-20-17-34-91(99)92-57-53-89(70-101(92)107)110(87-56-61-106-98(68-87)95-36-19-22-39-104(95)112(106)84-31-15-8-16-32-84)90-64-81(77-48-42-74(43-49-77)72-26-11-6-12-27-72)62-82(65-90)78-50-46-76(47-51-78)80-52-59-100-96(66-80)93-58-54-88(69-102(93)108(100,3)4)109(85-33-23-28-79(63-85)75-44-40-73(41-45-75)71-24-9-5-10-25-71)86-55-60-105-97(67-86)94-35-18-21-38-103(94)111(105)83-29-13-7-14-30-83/h5-70H,1-4H3. The highest BCUT2D eigenvalue weighted by Crippen LogP contribution is 2.55. The average molecular weight is 1430 g/mol.